The molecule has 0 radical (unpaired) electrons. The summed E-state index contributed by atoms with van der Waals surface area (Å²) < 4.78 is 14.1. The number of piperidine rings is 1. The summed E-state index contributed by atoms with van der Waals surface area (Å²) >= 11 is 5.88. The van der Waals surface area contributed by atoms with Gasteiger partial charge >= 0.3 is 5.97 Å². The zero-order valence-electron chi connectivity index (χ0n) is 14.2. The number of aliphatic hydroxyl groups is 1. The molecule has 1 aliphatic heterocycles. The maximum absolute atomic E-state index is 14.1. The number of aliphatic hydroxyl groups excluding tert-OH is 1. The van der Waals surface area contributed by atoms with E-state index in [9.17, 15) is 19.4 Å². The van der Waals surface area contributed by atoms with Crippen molar-refractivity contribution in [1.82, 2.24) is 4.90 Å². The monoisotopic (exact) mass is 377 g/mol. The second-order valence-electron chi connectivity index (χ2n) is 6.63. The SMILES string of the molecule is O=C(O)C(c1ccccc1F)N1CCC(C(O)c2ccc(Cl)cc2)CC1. The minimum absolute atomic E-state index is 0.0301. The maximum Gasteiger partial charge on any atom is 0.325 e. The van der Waals surface area contributed by atoms with Crippen molar-refractivity contribution in [2.45, 2.75) is 25.0 Å². The van der Waals surface area contributed by atoms with Crippen LogP contribution in [0.2, 0.25) is 5.02 Å². The van der Waals surface area contributed by atoms with Crippen molar-refractivity contribution < 1.29 is 19.4 Å². The Balaban J connectivity index is 1.69. The Bertz CT molecular complexity index is 760. The minimum Gasteiger partial charge on any atom is -0.480 e. The van der Waals surface area contributed by atoms with E-state index in [0.717, 1.165) is 5.56 Å². The van der Waals surface area contributed by atoms with E-state index in [1.807, 2.05) is 0 Å². The van der Waals surface area contributed by atoms with Crippen LogP contribution < -0.4 is 0 Å². The molecule has 2 aromatic carbocycles. The van der Waals surface area contributed by atoms with Crippen molar-refractivity contribution in [1.29, 1.82) is 0 Å². The number of carbonyl (C=O) groups is 1. The highest BCUT2D eigenvalue weighted by molar-refractivity contribution is 6.30. The molecule has 0 saturated carbocycles. The predicted molar refractivity (Wildman–Crippen MR) is 97.5 cm³/mol. The third-order valence-corrected chi connectivity index (χ3v) is 5.28. The molecule has 1 heterocycles. The predicted octanol–water partition coefficient (Wildman–Crippen LogP) is 4.05. The fourth-order valence-corrected chi connectivity index (χ4v) is 3.73. The van der Waals surface area contributed by atoms with E-state index in [2.05, 4.69) is 0 Å². The summed E-state index contributed by atoms with van der Waals surface area (Å²) in [4.78, 5) is 13.5. The van der Waals surface area contributed by atoms with Gasteiger partial charge in [-0.15, -0.1) is 0 Å². The van der Waals surface area contributed by atoms with Crippen LogP contribution in [0.3, 0.4) is 0 Å². The van der Waals surface area contributed by atoms with E-state index in [0.29, 0.717) is 31.0 Å². The Morgan fingerprint density at radius 1 is 1.12 bits per heavy atom. The molecule has 4 nitrogen and oxygen atoms in total. The lowest BCUT2D eigenvalue weighted by molar-refractivity contribution is -0.144. The van der Waals surface area contributed by atoms with Gasteiger partial charge < -0.3 is 10.2 Å². The van der Waals surface area contributed by atoms with Gasteiger partial charge in [0, 0.05) is 10.6 Å². The number of aliphatic carboxylic acids is 1. The van der Waals surface area contributed by atoms with Gasteiger partial charge in [0.05, 0.1) is 6.10 Å². The van der Waals surface area contributed by atoms with Crippen molar-refractivity contribution in [3.63, 3.8) is 0 Å². The summed E-state index contributed by atoms with van der Waals surface area (Å²) in [5.41, 5.74) is 0.980. The normalized spacial score (nSPS) is 18.4. The number of halogens is 2. The smallest absolute Gasteiger partial charge is 0.325 e. The highest BCUT2D eigenvalue weighted by Gasteiger charge is 2.34. The summed E-state index contributed by atoms with van der Waals surface area (Å²) in [6, 6.07) is 12.1. The van der Waals surface area contributed by atoms with E-state index in [-0.39, 0.29) is 11.5 Å². The first-order valence-corrected chi connectivity index (χ1v) is 9.00. The largest absolute Gasteiger partial charge is 0.480 e. The van der Waals surface area contributed by atoms with Crippen molar-refractivity contribution in [2.75, 3.05) is 13.1 Å². The Hall–Kier alpha value is -1.95. The zero-order valence-corrected chi connectivity index (χ0v) is 14.9. The van der Waals surface area contributed by atoms with Crippen molar-refractivity contribution in [3.8, 4) is 0 Å². The van der Waals surface area contributed by atoms with Gasteiger partial charge in [0.25, 0.3) is 0 Å². The van der Waals surface area contributed by atoms with Crippen molar-refractivity contribution in [3.05, 3.63) is 70.5 Å². The molecule has 0 spiro atoms. The first-order valence-electron chi connectivity index (χ1n) is 8.62. The summed E-state index contributed by atoms with van der Waals surface area (Å²) in [5.74, 6) is -1.54. The fourth-order valence-electron chi connectivity index (χ4n) is 3.61. The van der Waals surface area contributed by atoms with Crippen LogP contribution in [0.25, 0.3) is 0 Å². The quantitative estimate of drug-likeness (QED) is 0.825. The number of rotatable bonds is 5. The summed E-state index contributed by atoms with van der Waals surface area (Å²) in [6.45, 7) is 0.973. The third-order valence-electron chi connectivity index (χ3n) is 5.03. The molecule has 0 aromatic heterocycles. The van der Waals surface area contributed by atoms with Gasteiger partial charge in [-0.05, 0) is 55.6 Å². The maximum atomic E-state index is 14.1. The van der Waals surface area contributed by atoms with E-state index in [4.69, 9.17) is 11.6 Å². The first kappa shape index (κ1) is 18.8. The zero-order chi connectivity index (χ0) is 18.7. The molecular formula is C20H21ClFNO3. The molecule has 1 saturated heterocycles. The molecule has 0 aliphatic carbocycles. The highest BCUT2D eigenvalue weighted by atomic mass is 35.5. The minimum atomic E-state index is -1.06. The van der Waals surface area contributed by atoms with Crippen LogP contribution in [0, 0.1) is 11.7 Å². The van der Waals surface area contributed by atoms with E-state index < -0.39 is 23.9 Å². The summed E-state index contributed by atoms with van der Waals surface area (Å²) in [6.07, 6.45) is 0.662. The first-order chi connectivity index (χ1) is 12.5. The molecule has 138 valence electrons. The number of hydrogen-bond donors (Lipinski definition) is 2. The van der Waals surface area contributed by atoms with Crippen molar-refractivity contribution in [2.24, 2.45) is 5.92 Å². The van der Waals surface area contributed by atoms with Crippen LogP contribution in [-0.4, -0.2) is 34.2 Å². The van der Waals surface area contributed by atoms with Crippen molar-refractivity contribution >= 4 is 17.6 Å². The lowest BCUT2D eigenvalue weighted by atomic mass is 9.86. The molecule has 2 N–H and O–H groups in total. The molecule has 26 heavy (non-hydrogen) atoms. The number of benzene rings is 2. The third kappa shape index (κ3) is 4.06. The molecule has 2 aromatic rings. The number of carboxylic acids is 1. The van der Waals surface area contributed by atoms with Crippen LogP contribution in [0.15, 0.2) is 48.5 Å². The Morgan fingerprint density at radius 3 is 2.31 bits per heavy atom. The van der Waals surface area contributed by atoms with Crippen LogP contribution in [0.1, 0.15) is 36.1 Å². The van der Waals surface area contributed by atoms with Crippen LogP contribution in [-0.2, 0) is 4.79 Å². The van der Waals surface area contributed by atoms with Crippen LogP contribution in [0.4, 0.5) is 4.39 Å². The van der Waals surface area contributed by atoms with E-state index in [1.165, 1.54) is 12.1 Å². The Labute approximate surface area is 156 Å². The summed E-state index contributed by atoms with van der Waals surface area (Å²) in [7, 11) is 0. The number of likely N-dealkylation sites (tertiary alicyclic amines) is 1. The topological polar surface area (TPSA) is 60.8 Å². The van der Waals surface area contributed by atoms with Crippen LogP contribution in [0.5, 0.6) is 0 Å². The Morgan fingerprint density at radius 2 is 1.73 bits per heavy atom. The second-order valence-corrected chi connectivity index (χ2v) is 7.07. The van der Waals surface area contributed by atoms with Crippen LogP contribution >= 0.6 is 11.6 Å². The van der Waals surface area contributed by atoms with Gasteiger partial charge in [0.2, 0.25) is 0 Å². The number of carboxylic acid groups (broad SMARTS) is 1. The highest BCUT2D eigenvalue weighted by Crippen LogP contribution is 2.34. The van der Waals surface area contributed by atoms with Gasteiger partial charge in [-0.1, -0.05) is 41.9 Å². The molecule has 2 unspecified atom stereocenters. The molecule has 1 aliphatic rings. The second kappa shape index (κ2) is 8.16. The molecule has 6 heteroatoms. The number of nitrogens with zero attached hydrogens (tertiary/aromatic N) is 1. The average molecular weight is 378 g/mol. The standard InChI is InChI=1S/C20H21ClFNO3/c21-15-7-5-13(6-8-15)19(24)14-9-11-23(12-10-14)18(20(25)26)16-3-1-2-4-17(16)22/h1-8,14,18-19,24H,9-12H2,(H,25,26). The molecular weight excluding hydrogens is 357 g/mol. The Kier molecular flexibility index (Phi) is 5.91. The molecule has 3 rings (SSSR count). The van der Waals surface area contributed by atoms with Gasteiger partial charge in [0.15, 0.2) is 0 Å². The molecule has 0 bridgehead atoms. The van der Waals surface area contributed by atoms with Gasteiger partial charge in [-0.2, -0.15) is 0 Å². The lowest BCUT2D eigenvalue weighted by Crippen LogP contribution is -2.41. The number of hydrogen-bond acceptors (Lipinski definition) is 3. The van der Waals surface area contributed by atoms with Gasteiger partial charge in [-0.3, -0.25) is 9.69 Å². The summed E-state index contributed by atoms with van der Waals surface area (Å²) in [5, 5.41) is 20.8. The fraction of sp³-hybridized carbons (Fsp3) is 0.350. The van der Waals surface area contributed by atoms with E-state index >= 15 is 0 Å². The van der Waals surface area contributed by atoms with Gasteiger partial charge in [-0.25, -0.2) is 4.39 Å². The molecule has 1 fully saturated rings. The average Bonchev–Trinajstić information content (AvgIpc) is 2.64. The van der Waals surface area contributed by atoms with Gasteiger partial charge in [0.1, 0.15) is 11.9 Å². The molecule has 2 atom stereocenters. The van der Waals surface area contributed by atoms with E-state index in [1.54, 1.807) is 41.3 Å². The molecule has 0 amide bonds. The lowest BCUT2D eigenvalue weighted by Gasteiger charge is -2.37.